The van der Waals surface area contributed by atoms with Crippen LogP contribution >= 0.6 is 0 Å². The molecule has 104 valence electrons. The minimum Gasteiger partial charge on any atom is -0.256 e. The van der Waals surface area contributed by atoms with Gasteiger partial charge in [0.25, 0.3) is 0 Å². The summed E-state index contributed by atoms with van der Waals surface area (Å²) < 4.78 is 13.3. The lowest BCUT2D eigenvalue weighted by Crippen LogP contribution is -1.95. The topological polar surface area (TPSA) is 12.9 Å². The molecule has 0 unspecified atom stereocenters. The minimum atomic E-state index is -0.192. The van der Waals surface area contributed by atoms with E-state index in [1.807, 2.05) is 49.5 Å². The van der Waals surface area contributed by atoms with E-state index in [1.54, 1.807) is 12.1 Å². The van der Waals surface area contributed by atoms with Crippen molar-refractivity contribution < 1.29 is 4.39 Å². The molecule has 0 amide bonds. The summed E-state index contributed by atoms with van der Waals surface area (Å²) in [5, 5.41) is 0. The van der Waals surface area contributed by atoms with Gasteiger partial charge in [-0.25, -0.2) is 4.39 Å². The molecule has 0 saturated heterocycles. The van der Waals surface area contributed by atoms with Crippen LogP contribution in [0.3, 0.4) is 0 Å². The van der Waals surface area contributed by atoms with Gasteiger partial charge in [-0.3, -0.25) is 4.98 Å². The second-order valence-electron chi connectivity index (χ2n) is 5.17. The van der Waals surface area contributed by atoms with Crippen molar-refractivity contribution in [2.24, 2.45) is 0 Å². The van der Waals surface area contributed by atoms with E-state index in [9.17, 15) is 4.39 Å². The highest BCUT2D eigenvalue weighted by Gasteiger charge is 2.05. The van der Waals surface area contributed by atoms with Crippen LogP contribution in [0.5, 0.6) is 0 Å². The normalized spacial score (nSPS) is 10.6. The summed E-state index contributed by atoms with van der Waals surface area (Å²) in [6, 6.07) is 18.9. The molecule has 1 aromatic heterocycles. The standard InChI is InChI=1S/C19H16FN/c1-14-13-21-19(16-7-3-2-4-8-16)12-17(14)10-15-6-5-9-18(20)11-15/h2-9,11-13H,10H2,1H3. The number of aryl methyl sites for hydroxylation is 1. The third kappa shape index (κ3) is 3.16. The molecule has 0 spiro atoms. The van der Waals surface area contributed by atoms with Gasteiger partial charge in [0, 0.05) is 11.8 Å². The number of pyridine rings is 1. The monoisotopic (exact) mass is 277 g/mol. The third-order valence-electron chi connectivity index (χ3n) is 3.57. The molecule has 0 bridgehead atoms. The minimum absolute atomic E-state index is 0.192. The van der Waals surface area contributed by atoms with Crippen molar-refractivity contribution in [3.05, 3.63) is 89.4 Å². The Labute approximate surface area is 124 Å². The molecule has 2 heteroatoms. The van der Waals surface area contributed by atoms with Gasteiger partial charge in [-0.05, 0) is 48.2 Å². The van der Waals surface area contributed by atoms with Crippen LogP contribution in [-0.4, -0.2) is 4.98 Å². The molecule has 0 saturated carbocycles. The predicted molar refractivity (Wildman–Crippen MR) is 83.6 cm³/mol. The highest BCUT2D eigenvalue weighted by Crippen LogP contribution is 2.21. The quantitative estimate of drug-likeness (QED) is 0.671. The molecule has 1 heterocycles. The van der Waals surface area contributed by atoms with Crippen molar-refractivity contribution in [1.82, 2.24) is 4.98 Å². The first-order valence-corrected chi connectivity index (χ1v) is 6.98. The smallest absolute Gasteiger partial charge is 0.123 e. The van der Waals surface area contributed by atoms with Crippen molar-refractivity contribution >= 4 is 0 Å². The Morgan fingerprint density at radius 1 is 0.952 bits per heavy atom. The Balaban J connectivity index is 1.95. The van der Waals surface area contributed by atoms with Gasteiger partial charge in [-0.15, -0.1) is 0 Å². The fraction of sp³-hybridized carbons (Fsp3) is 0.105. The average Bonchev–Trinajstić information content (AvgIpc) is 2.50. The molecule has 0 aliphatic rings. The summed E-state index contributed by atoms with van der Waals surface area (Å²) in [6.07, 6.45) is 2.60. The van der Waals surface area contributed by atoms with Crippen LogP contribution in [-0.2, 0) is 6.42 Å². The number of hydrogen-bond donors (Lipinski definition) is 0. The summed E-state index contributed by atoms with van der Waals surface area (Å²) in [6.45, 7) is 2.04. The average molecular weight is 277 g/mol. The number of hydrogen-bond acceptors (Lipinski definition) is 1. The van der Waals surface area contributed by atoms with Crippen LogP contribution in [0.1, 0.15) is 16.7 Å². The van der Waals surface area contributed by atoms with Crippen molar-refractivity contribution in [1.29, 1.82) is 0 Å². The molecule has 1 nitrogen and oxygen atoms in total. The molecule has 0 aliphatic carbocycles. The van der Waals surface area contributed by atoms with Gasteiger partial charge in [0.2, 0.25) is 0 Å². The lowest BCUT2D eigenvalue weighted by molar-refractivity contribution is 0.626. The number of rotatable bonds is 3. The van der Waals surface area contributed by atoms with Crippen molar-refractivity contribution in [3.8, 4) is 11.3 Å². The van der Waals surface area contributed by atoms with Gasteiger partial charge in [0.15, 0.2) is 0 Å². The van der Waals surface area contributed by atoms with E-state index >= 15 is 0 Å². The lowest BCUT2D eigenvalue weighted by atomic mass is 9.99. The van der Waals surface area contributed by atoms with E-state index in [0.717, 1.165) is 22.4 Å². The van der Waals surface area contributed by atoms with Gasteiger partial charge in [0.1, 0.15) is 5.82 Å². The van der Waals surface area contributed by atoms with E-state index in [-0.39, 0.29) is 5.82 Å². The Hall–Kier alpha value is -2.48. The molecule has 0 radical (unpaired) electrons. The molecular weight excluding hydrogens is 261 g/mol. The maximum absolute atomic E-state index is 13.3. The van der Waals surface area contributed by atoms with Gasteiger partial charge in [-0.2, -0.15) is 0 Å². The number of aromatic nitrogens is 1. The van der Waals surface area contributed by atoms with Gasteiger partial charge >= 0.3 is 0 Å². The Morgan fingerprint density at radius 3 is 2.52 bits per heavy atom. The number of nitrogens with zero attached hydrogens (tertiary/aromatic N) is 1. The van der Waals surface area contributed by atoms with Crippen LogP contribution < -0.4 is 0 Å². The lowest BCUT2D eigenvalue weighted by Gasteiger charge is -2.09. The van der Waals surface area contributed by atoms with E-state index in [1.165, 1.54) is 11.6 Å². The van der Waals surface area contributed by atoms with E-state index in [4.69, 9.17) is 0 Å². The molecular formula is C19H16FN. The second-order valence-corrected chi connectivity index (χ2v) is 5.17. The first-order valence-electron chi connectivity index (χ1n) is 6.98. The van der Waals surface area contributed by atoms with E-state index in [2.05, 4.69) is 11.1 Å². The highest BCUT2D eigenvalue weighted by atomic mass is 19.1. The van der Waals surface area contributed by atoms with Crippen molar-refractivity contribution in [3.63, 3.8) is 0 Å². The van der Waals surface area contributed by atoms with Crippen LogP contribution in [0.25, 0.3) is 11.3 Å². The summed E-state index contributed by atoms with van der Waals surface area (Å²) in [7, 11) is 0. The van der Waals surface area contributed by atoms with Crippen LogP contribution in [0.2, 0.25) is 0 Å². The van der Waals surface area contributed by atoms with E-state index in [0.29, 0.717) is 6.42 Å². The maximum atomic E-state index is 13.3. The Morgan fingerprint density at radius 2 is 1.76 bits per heavy atom. The summed E-state index contributed by atoms with van der Waals surface area (Å²) in [4.78, 5) is 4.49. The largest absolute Gasteiger partial charge is 0.256 e. The van der Waals surface area contributed by atoms with Crippen LogP contribution in [0.4, 0.5) is 4.39 Å². The molecule has 0 fully saturated rings. The SMILES string of the molecule is Cc1cnc(-c2ccccc2)cc1Cc1cccc(F)c1. The second kappa shape index (κ2) is 5.88. The maximum Gasteiger partial charge on any atom is 0.123 e. The predicted octanol–water partition coefficient (Wildman–Crippen LogP) is 4.79. The molecule has 21 heavy (non-hydrogen) atoms. The summed E-state index contributed by atoms with van der Waals surface area (Å²) in [5.41, 5.74) is 5.32. The van der Waals surface area contributed by atoms with Crippen LogP contribution in [0, 0.1) is 12.7 Å². The van der Waals surface area contributed by atoms with Gasteiger partial charge < -0.3 is 0 Å². The first kappa shape index (κ1) is 13.5. The summed E-state index contributed by atoms with van der Waals surface area (Å²) in [5.74, 6) is -0.192. The zero-order chi connectivity index (χ0) is 14.7. The molecule has 0 aliphatic heterocycles. The zero-order valence-electron chi connectivity index (χ0n) is 11.9. The third-order valence-corrected chi connectivity index (χ3v) is 3.57. The fourth-order valence-corrected chi connectivity index (χ4v) is 2.39. The molecule has 3 rings (SSSR count). The van der Waals surface area contributed by atoms with Crippen molar-refractivity contribution in [2.75, 3.05) is 0 Å². The highest BCUT2D eigenvalue weighted by molar-refractivity contribution is 5.60. The Bertz CT molecular complexity index is 751. The molecule has 2 aromatic carbocycles. The molecule has 0 atom stereocenters. The molecule has 0 N–H and O–H groups in total. The van der Waals surface area contributed by atoms with E-state index < -0.39 is 0 Å². The fourth-order valence-electron chi connectivity index (χ4n) is 2.39. The number of benzene rings is 2. The zero-order valence-corrected chi connectivity index (χ0v) is 11.9. The van der Waals surface area contributed by atoms with Gasteiger partial charge in [0.05, 0.1) is 5.69 Å². The Kier molecular flexibility index (Phi) is 3.78. The summed E-state index contributed by atoms with van der Waals surface area (Å²) >= 11 is 0. The van der Waals surface area contributed by atoms with Gasteiger partial charge in [-0.1, -0.05) is 42.5 Å². The number of halogens is 1. The van der Waals surface area contributed by atoms with Crippen molar-refractivity contribution in [2.45, 2.75) is 13.3 Å². The first-order chi connectivity index (χ1) is 10.2. The van der Waals surface area contributed by atoms with Crippen LogP contribution in [0.15, 0.2) is 66.9 Å². The molecule has 3 aromatic rings.